The molecule has 0 heterocycles. The Balaban J connectivity index is 1.75. The number of aliphatic hydroxyl groups excluding tert-OH is 2. The van der Waals surface area contributed by atoms with Gasteiger partial charge in [-0.1, -0.05) is 6.07 Å². The summed E-state index contributed by atoms with van der Waals surface area (Å²) in [7, 11) is 7.51. The van der Waals surface area contributed by atoms with Gasteiger partial charge in [-0.05, 0) is 62.2 Å². The van der Waals surface area contributed by atoms with Gasteiger partial charge in [0.1, 0.15) is 22.8 Å². The first-order valence-corrected chi connectivity index (χ1v) is 13.1. The number of methoxy groups -OCH3 is 3. The zero-order valence-corrected chi connectivity index (χ0v) is 23.7. The number of fused-ring (bicyclic) bond motifs is 3. The molecule has 0 saturated heterocycles. The highest BCUT2D eigenvalue weighted by atomic mass is 16.5. The van der Waals surface area contributed by atoms with E-state index in [2.05, 4.69) is 0 Å². The quantitative estimate of drug-likeness (QED) is 0.313. The summed E-state index contributed by atoms with van der Waals surface area (Å²) in [4.78, 5) is 40.9. The maximum atomic E-state index is 14.0. The SMILES string of the molecule is COc1ccc(-c2ccc(O)c3c2C[C@@H]2C[C@H]4C(N(C)C)C(=O)C(C(N)=O)=C(O)[C@@]4(O)C(=O)C2=C3O)c(OC)c1OC. The van der Waals surface area contributed by atoms with Crippen LogP contribution in [-0.4, -0.2) is 89.9 Å². The smallest absolute Gasteiger partial charge is 0.255 e. The van der Waals surface area contributed by atoms with Gasteiger partial charge in [0, 0.05) is 17.1 Å². The predicted molar refractivity (Wildman–Crippen MR) is 149 cm³/mol. The van der Waals surface area contributed by atoms with E-state index >= 15 is 0 Å². The number of nitrogens with zero attached hydrogens (tertiary/aromatic N) is 1. The third-order valence-corrected chi connectivity index (χ3v) is 8.60. The number of ether oxygens (including phenoxy) is 3. The van der Waals surface area contributed by atoms with E-state index in [1.165, 1.54) is 32.3 Å². The van der Waals surface area contributed by atoms with Crippen LogP contribution in [0.2, 0.25) is 0 Å². The summed E-state index contributed by atoms with van der Waals surface area (Å²) in [5, 5.41) is 45.2. The normalized spacial score (nSPS) is 25.2. The van der Waals surface area contributed by atoms with Crippen molar-refractivity contribution >= 4 is 23.2 Å². The number of phenols is 1. The second-order valence-electron chi connectivity index (χ2n) is 10.8. The average Bonchev–Trinajstić information content (AvgIpc) is 2.93. The average molecular weight is 581 g/mol. The third-order valence-electron chi connectivity index (χ3n) is 8.60. The van der Waals surface area contributed by atoms with Gasteiger partial charge >= 0.3 is 0 Å². The summed E-state index contributed by atoms with van der Waals surface area (Å²) in [5.74, 6) is -6.00. The van der Waals surface area contributed by atoms with Crippen molar-refractivity contribution in [1.29, 1.82) is 0 Å². The van der Waals surface area contributed by atoms with Crippen molar-refractivity contribution in [3.63, 3.8) is 0 Å². The molecular weight excluding hydrogens is 548 g/mol. The Morgan fingerprint density at radius 2 is 1.62 bits per heavy atom. The Morgan fingerprint density at radius 1 is 0.976 bits per heavy atom. The summed E-state index contributed by atoms with van der Waals surface area (Å²) in [5.41, 5.74) is 3.18. The maximum Gasteiger partial charge on any atom is 0.255 e. The molecule has 0 aromatic heterocycles. The number of benzene rings is 2. The number of phenolic OH excluding ortho intramolecular Hbond substituents is 1. The molecule has 0 radical (unpaired) electrons. The minimum absolute atomic E-state index is 0.0239. The van der Waals surface area contributed by atoms with Gasteiger partial charge in [0.15, 0.2) is 22.9 Å². The molecule has 1 amide bonds. The number of aromatic hydroxyl groups is 1. The molecule has 4 atom stereocenters. The van der Waals surface area contributed by atoms with Gasteiger partial charge in [0.05, 0.1) is 32.9 Å². The highest BCUT2D eigenvalue weighted by Crippen LogP contribution is 2.55. The molecule has 1 saturated carbocycles. The Labute approximate surface area is 241 Å². The molecular formula is C30H32N2O10. The molecule has 1 unspecified atom stereocenters. The first-order valence-electron chi connectivity index (χ1n) is 13.1. The van der Waals surface area contributed by atoms with Crippen LogP contribution in [0.15, 0.2) is 41.2 Å². The van der Waals surface area contributed by atoms with Gasteiger partial charge in [-0.3, -0.25) is 19.3 Å². The van der Waals surface area contributed by atoms with Crippen LogP contribution in [0.25, 0.3) is 16.9 Å². The molecule has 3 aliphatic carbocycles. The molecule has 0 aliphatic heterocycles. The van der Waals surface area contributed by atoms with Crippen molar-refractivity contribution < 1.29 is 49.0 Å². The zero-order chi connectivity index (χ0) is 30.8. The summed E-state index contributed by atoms with van der Waals surface area (Å²) < 4.78 is 16.6. The fraction of sp³-hybridized carbons (Fsp3) is 0.367. The van der Waals surface area contributed by atoms with Gasteiger partial charge in [-0.2, -0.15) is 0 Å². The monoisotopic (exact) mass is 580 g/mol. The predicted octanol–water partition coefficient (Wildman–Crippen LogP) is 1.66. The van der Waals surface area contributed by atoms with Crippen molar-refractivity contribution in [2.45, 2.75) is 24.5 Å². The van der Waals surface area contributed by atoms with E-state index in [0.717, 1.165) is 0 Å². The van der Waals surface area contributed by atoms with E-state index in [4.69, 9.17) is 19.9 Å². The van der Waals surface area contributed by atoms with Gasteiger partial charge in [0.2, 0.25) is 11.5 Å². The number of nitrogens with two attached hydrogens (primary N) is 1. The number of likely N-dealkylation sites (N-methyl/N-ethyl adjacent to an activating group) is 1. The molecule has 0 spiro atoms. The van der Waals surface area contributed by atoms with Crippen LogP contribution in [0.3, 0.4) is 0 Å². The molecule has 0 bridgehead atoms. The number of carbonyl (C=O) groups is 3. The zero-order valence-electron chi connectivity index (χ0n) is 23.7. The third kappa shape index (κ3) is 3.78. The Hall–Kier alpha value is -4.55. The number of Topliss-reactive ketones (excluding diaryl/α,β-unsaturated/α-hetero) is 2. The molecule has 5 rings (SSSR count). The van der Waals surface area contributed by atoms with Crippen molar-refractivity contribution in [2.24, 2.45) is 17.6 Å². The fourth-order valence-corrected chi connectivity index (χ4v) is 6.81. The molecule has 3 aliphatic rings. The summed E-state index contributed by atoms with van der Waals surface area (Å²) >= 11 is 0. The van der Waals surface area contributed by atoms with Gasteiger partial charge < -0.3 is 40.4 Å². The lowest BCUT2D eigenvalue weighted by molar-refractivity contribution is -0.153. The number of ketones is 2. The fourth-order valence-electron chi connectivity index (χ4n) is 6.81. The minimum Gasteiger partial charge on any atom is -0.508 e. The Bertz CT molecular complexity index is 1610. The minimum atomic E-state index is -2.70. The number of hydrogen-bond donors (Lipinski definition) is 5. The number of carbonyl (C=O) groups excluding carboxylic acids is 3. The number of hydrogen-bond acceptors (Lipinski definition) is 11. The number of amides is 1. The molecule has 2 aromatic carbocycles. The van der Waals surface area contributed by atoms with Crippen LogP contribution in [0.1, 0.15) is 17.5 Å². The van der Waals surface area contributed by atoms with Gasteiger partial charge in [-0.25, -0.2) is 0 Å². The Morgan fingerprint density at radius 3 is 2.19 bits per heavy atom. The van der Waals surface area contributed by atoms with Gasteiger partial charge in [-0.15, -0.1) is 0 Å². The van der Waals surface area contributed by atoms with Crippen LogP contribution >= 0.6 is 0 Å². The molecule has 12 nitrogen and oxygen atoms in total. The van der Waals surface area contributed by atoms with E-state index < -0.39 is 58.0 Å². The molecule has 2 aromatic rings. The Kier molecular flexibility index (Phi) is 6.94. The van der Waals surface area contributed by atoms with E-state index in [-0.39, 0.29) is 29.7 Å². The van der Waals surface area contributed by atoms with E-state index in [0.29, 0.717) is 33.9 Å². The van der Waals surface area contributed by atoms with E-state index in [1.807, 2.05) is 0 Å². The largest absolute Gasteiger partial charge is 0.508 e. The highest BCUT2D eigenvalue weighted by molar-refractivity contribution is 6.24. The van der Waals surface area contributed by atoms with E-state index in [1.54, 1.807) is 32.3 Å². The maximum absolute atomic E-state index is 14.0. The van der Waals surface area contributed by atoms with Crippen molar-refractivity contribution in [2.75, 3.05) is 35.4 Å². The highest BCUT2D eigenvalue weighted by Gasteiger charge is 2.64. The van der Waals surface area contributed by atoms with Crippen molar-refractivity contribution in [3.8, 4) is 34.1 Å². The van der Waals surface area contributed by atoms with Crippen LogP contribution in [-0.2, 0) is 20.8 Å². The van der Waals surface area contributed by atoms with Crippen LogP contribution < -0.4 is 19.9 Å². The van der Waals surface area contributed by atoms with Crippen LogP contribution in [0.4, 0.5) is 0 Å². The molecule has 6 N–H and O–H groups in total. The first kappa shape index (κ1) is 29.0. The molecule has 1 fully saturated rings. The lowest BCUT2D eigenvalue weighted by Crippen LogP contribution is -2.65. The van der Waals surface area contributed by atoms with Gasteiger partial charge in [0.25, 0.3) is 5.91 Å². The van der Waals surface area contributed by atoms with Crippen molar-refractivity contribution in [1.82, 2.24) is 4.90 Å². The number of primary amides is 1. The lowest BCUT2D eigenvalue weighted by Gasteiger charge is -2.50. The second kappa shape index (κ2) is 10.1. The van der Waals surface area contributed by atoms with E-state index in [9.17, 15) is 34.8 Å². The molecule has 42 heavy (non-hydrogen) atoms. The first-order chi connectivity index (χ1) is 19.8. The number of rotatable bonds is 6. The topological polar surface area (TPSA) is 189 Å². The number of aliphatic hydroxyl groups is 3. The van der Waals surface area contributed by atoms with Crippen LogP contribution in [0, 0.1) is 11.8 Å². The molecule has 222 valence electrons. The van der Waals surface area contributed by atoms with Crippen molar-refractivity contribution in [3.05, 3.63) is 52.3 Å². The lowest BCUT2D eigenvalue weighted by atomic mass is 9.57. The second-order valence-corrected chi connectivity index (χ2v) is 10.8. The summed E-state index contributed by atoms with van der Waals surface area (Å²) in [6.07, 6.45) is 0.0969. The van der Waals surface area contributed by atoms with Crippen LogP contribution in [0.5, 0.6) is 23.0 Å². The summed E-state index contributed by atoms with van der Waals surface area (Å²) in [6, 6.07) is 5.26. The molecule has 12 heteroatoms. The standard InChI is InChI=1S/C30H32N2O10/c1-32(2)22-16-11-12-10-15-13(14-7-9-18(40-3)26(42-5)25(14)41-4)6-8-17(33)20(15)23(34)19(12)27(36)30(16,39)28(37)21(24(22)35)29(31)38/h6-9,12,16,22,33-34,37,39H,10-11H2,1-5H3,(H2,31,38)/t12-,16+,22?,30+/m1/s1. The summed E-state index contributed by atoms with van der Waals surface area (Å²) in [6.45, 7) is 0.